The van der Waals surface area contributed by atoms with Gasteiger partial charge in [0.05, 0.1) is 5.56 Å². The first-order valence-corrected chi connectivity index (χ1v) is 5.75. The summed E-state index contributed by atoms with van der Waals surface area (Å²) in [5.74, 6) is -2.76. The molecule has 0 saturated carbocycles. The zero-order valence-corrected chi connectivity index (χ0v) is 11.5. The molecule has 0 atom stereocenters. The maximum atomic E-state index is 11.5. The molecule has 0 aliphatic carbocycles. The first-order chi connectivity index (χ1) is 10.0. The standard InChI is InChI=1S/C10H11N3O2.C2HF3O2/c1-12-5-7(3-4-9(12)14)8-6-13(2)11-10(8)15;3-2(4,5)1(6)7/h3-6H,1-2H3,(H,11,15);(H,6,7). The highest BCUT2D eigenvalue weighted by atomic mass is 19.4. The van der Waals surface area contributed by atoms with E-state index < -0.39 is 12.1 Å². The average molecular weight is 319 g/mol. The van der Waals surface area contributed by atoms with E-state index in [-0.39, 0.29) is 11.1 Å². The number of aromatic nitrogens is 3. The number of carbonyl (C=O) groups is 1. The maximum Gasteiger partial charge on any atom is 0.490 e. The molecular formula is C12H12F3N3O4. The van der Waals surface area contributed by atoms with Crippen LogP contribution in [0.3, 0.4) is 0 Å². The third-order valence-electron chi connectivity index (χ3n) is 2.48. The van der Waals surface area contributed by atoms with Gasteiger partial charge in [-0.25, -0.2) is 4.79 Å². The third-order valence-corrected chi connectivity index (χ3v) is 2.48. The lowest BCUT2D eigenvalue weighted by molar-refractivity contribution is -0.192. The predicted molar refractivity (Wildman–Crippen MR) is 70.4 cm³/mol. The van der Waals surface area contributed by atoms with Crippen molar-refractivity contribution in [1.29, 1.82) is 0 Å². The molecule has 22 heavy (non-hydrogen) atoms. The lowest BCUT2D eigenvalue weighted by Crippen LogP contribution is -2.21. The van der Waals surface area contributed by atoms with E-state index >= 15 is 0 Å². The fourth-order valence-electron chi connectivity index (χ4n) is 1.46. The largest absolute Gasteiger partial charge is 0.490 e. The molecule has 0 amide bonds. The second kappa shape index (κ2) is 6.33. The highest BCUT2D eigenvalue weighted by Crippen LogP contribution is 2.13. The number of hydrogen-bond donors (Lipinski definition) is 2. The number of carboxylic acid groups (broad SMARTS) is 1. The molecule has 2 N–H and O–H groups in total. The normalized spacial score (nSPS) is 10.8. The van der Waals surface area contributed by atoms with Crippen molar-refractivity contribution in [1.82, 2.24) is 14.3 Å². The third kappa shape index (κ3) is 4.36. The number of halogens is 3. The Morgan fingerprint density at radius 1 is 1.18 bits per heavy atom. The maximum absolute atomic E-state index is 11.5. The highest BCUT2D eigenvalue weighted by Gasteiger charge is 2.38. The highest BCUT2D eigenvalue weighted by molar-refractivity contribution is 5.73. The number of alkyl halides is 3. The van der Waals surface area contributed by atoms with Gasteiger partial charge in [-0.2, -0.15) is 13.2 Å². The molecule has 0 aliphatic rings. The monoisotopic (exact) mass is 319 g/mol. The van der Waals surface area contributed by atoms with Gasteiger partial charge in [0.2, 0.25) is 5.56 Å². The van der Waals surface area contributed by atoms with Crippen LogP contribution in [0.25, 0.3) is 11.1 Å². The van der Waals surface area contributed by atoms with Crippen molar-refractivity contribution in [3.05, 3.63) is 45.2 Å². The molecule has 0 radical (unpaired) electrons. The van der Waals surface area contributed by atoms with Gasteiger partial charge in [-0.3, -0.25) is 19.4 Å². The van der Waals surface area contributed by atoms with Crippen molar-refractivity contribution in [2.24, 2.45) is 14.1 Å². The zero-order chi connectivity index (χ0) is 17.1. The van der Waals surface area contributed by atoms with Gasteiger partial charge in [-0.15, -0.1) is 0 Å². The molecule has 2 heterocycles. The van der Waals surface area contributed by atoms with Crippen LogP contribution in [0.2, 0.25) is 0 Å². The van der Waals surface area contributed by atoms with Crippen LogP contribution in [0.4, 0.5) is 13.2 Å². The molecule has 2 aromatic rings. The van der Waals surface area contributed by atoms with Gasteiger partial charge in [0.25, 0.3) is 5.56 Å². The Morgan fingerprint density at radius 3 is 2.09 bits per heavy atom. The molecule has 120 valence electrons. The molecular weight excluding hydrogens is 307 g/mol. The molecule has 0 saturated heterocycles. The van der Waals surface area contributed by atoms with Crippen LogP contribution in [-0.4, -0.2) is 31.6 Å². The Morgan fingerprint density at radius 2 is 1.73 bits per heavy atom. The lowest BCUT2D eigenvalue weighted by atomic mass is 10.1. The number of aromatic amines is 1. The summed E-state index contributed by atoms with van der Waals surface area (Å²) >= 11 is 0. The SMILES string of the molecule is Cn1cc(-c2ccc(=O)n(C)c2)c(=O)[nH]1.O=C(O)C(F)(F)F. The summed E-state index contributed by atoms with van der Waals surface area (Å²) in [4.78, 5) is 31.5. The minimum absolute atomic E-state index is 0.0916. The molecule has 7 nitrogen and oxygen atoms in total. The minimum atomic E-state index is -5.08. The number of pyridine rings is 1. The van der Waals surface area contributed by atoms with Crippen molar-refractivity contribution >= 4 is 5.97 Å². The second-order valence-electron chi connectivity index (χ2n) is 4.26. The summed E-state index contributed by atoms with van der Waals surface area (Å²) in [6, 6.07) is 3.09. The van der Waals surface area contributed by atoms with Crippen LogP contribution in [0, 0.1) is 0 Å². The average Bonchev–Trinajstić information content (AvgIpc) is 2.71. The Bertz CT molecular complexity index is 786. The van der Waals surface area contributed by atoms with Crippen LogP contribution < -0.4 is 11.1 Å². The second-order valence-corrected chi connectivity index (χ2v) is 4.26. The molecule has 0 spiro atoms. The summed E-state index contributed by atoms with van der Waals surface area (Å²) in [6.45, 7) is 0. The molecule has 0 unspecified atom stereocenters. The molecule has 2 rings (SSSR count). The minimum Gasteiger partial charge on any atom is -0.475 e. The molecule has 0 aromatic carbocycles. The van der Waals surface area contributed by atoms with Crippen molar-refractivity contribution in [3.8, 4) is 11.1 Å². The quantitative estimate of drug-likeness (QED) is 0.809. The number of aryl methyl sites for hydroxylation is 2. The number of nitrogens with zero attached hydrogens (tertiary/aromatic N) is 2. The molecule has 0 aliphatic heterocycles. The first kappa shape index (κ1) is 17.3. The molecule has 0 bridgehead atoms. The van der Waals surface area contributed by atoms with Gasteiger partial charge in [-0.05, 0) is 6.07 Å². The Hall–Kier alpha value is -2.78. The van der Waals surface area contributed by atoms with E-state index in [4.69, 9.17) is 9.90 Å². The summed E-state index contributed by atoms with van der Waals surface area (Å²) in [5, 5.41) is 9.74. The van der Waals surface area contributed by atoms with Crippen molar-refractivity contribution in [3.63, 3.8) is 0 Å². The zero-order valence-electron chi connectivity index (χ0n) is 11.5. The fourth-order valence-corrected chi connectivity index (χ4v) is 1.46. The van der Waals surface area contributed by atoms with E-state index in [0.717, 1.165) is 5.56 Å². The van der Waals surface area contributed by atoms with Gasteiger partial charge in [0, 0.05) is 38.1 Å². The van der Waals surface area contributed by atoms with Crippen molar-refractivity contribution in [2.75, 3.05) is 0 Å². The lowest BCUT2D eigenvalue weighted by Gasteiger charge is -1.99. The van der Waals surface area contributed by atoms with Gasteiger partial charge < -0.3 is 9.67 Å². The van der Waals surface area contributed by atoms with Crippen LogP contribution in [0.1, 0.15) is 0 Å². The topological polar surface area (TPSA) is 97.1 Å². The number of carboxylic acids is 1. The smallest absolute Gasteiger partial charge is 0.475 e. The molecule has 2 aromatic heterocycles. The fraction of sp³-hybridized carbons (Fsp3) is 0.250. The number of rotatable bonds is 1. The Balaban J connectivity index is 0.000000295. The van der Waals surface area contributed by atoms with E-state index in [0.29, 0.717) is 5.56 Å². The molecule has 10 heteroatoms. The summed E-state index contributed by atoms with van der Waals surface area (Å²) in [7, 11) is 3.40. The predicted octanol–water partition coefficient (Wildman–Crippen LogP) is 0.712. The van der Waals surface area contributed by atoms with Crippen molar-refractivity contribution in [2.45, 2.75) is 6.18 Å². The Kier molecular flexibility index (Phi) is 4.97. The van der Waals surface area contributed by atoms with Crippen LogP contribution in [0.5, 0.6) is 0 Å². The van der Waals surface area contributed by atoms with Crippen LogP contribution in [-0.2, 0) is 18.9 Å². The van der Waals surface area contributed by atoms with Crippen LogP contribution >= 0.6 is 0 Å². The number of aliphatic carboxylic acids is 1. The van der Waals surface area contributed by atoms with E-state index in [9.17, 15) is 22.8 Å². The van der Waals surface area contributed by atoms with Crippen LogP contribution in [0.15, 0.2) is 34.1 Å². The number of nitrogens with one attached hydrogen (secondary N) is 1. The van der Waals surface area contributed by atoms with Gasteiger partial charge in [0.1, 0.15) is 0 Å². The van der Waals surface area contributed by atoms with Crippen molar-refractivity contribution < 1.29 is 23.1 Å². The molecule has 0 fully saturated rings. The Labute approximate surface area is 121 Å². The first-order valence-electron chi connectivity index (χ1n) is 5.75. The summed E-state index contributed by atoms with van der Waals surface area (Å²) in [6.07, 6.45) is -1.74. The van der Waals surface area contributed by atoms with E-state index in [1.54, 1.807) is 37.2 Å². The summed E-state index contributed by atoms with van der Waals surface area (Å²) in [5.41, 5.74) is 1.05. The van der Waals surface area contributed by atoms with Gasteiger partial charge in [0.15, 0.2) is 0 Å². The summed E-state index contributed by atoms with van der Waals surface area (Å²) < 4.78 is 34.8. The number of H-pyrrole nitrogens is 1. The van der Waals surface area contributed by atoms with Gasteiger partial charge >= 0.3 is 12.1 Å². The van der Waals surface area contributed by atoms with E-state index in [1.807, 2.05) is 0 Å². The van der Waals surface area contributed by atoms with Gasteiger partial charge in [-0.1, -0.05) is 0 Å². The van der Waals surface area contributed by atoms with E-state index in [2.05, 4.69) is 5.10 Å². The number of hydrogen-bond acceptors (Lipinski definition) is 3. The van der Waals surface area contributed by atoms with E-state index in [1.165, 1.54) is 10.6 Å².